The second kappa shape index (κ2) is 10.8. The van der Waals surface area contributed by atoms with E-state index in [1.54, 1.807) is 6.92 Å². The van der Waals surface area contributed by atoms with E-state index >= 15 is 0 Å². The molecule has 0 aliphatic carbocycles. The molecular weight excluding hydrogens is 453 g/mol. The fourth-order valence-corrected chi connectivity index (χ4v) is 2.32. The molecule has 10 heteroatoms. The van der Waals surface area contributed by atoms with Gasteiger partial charge in [-0.2, -0.15) is 0 Å². The van der Waals surface area contributed by atoms with Crippen molar-refractivity contribution in [2.75, 3.05) is 25.9 Å². The Bertz CT molecular complexity index is 656. The highest BCUT2D eigenvalue weighted by Crippen LogP contribution is 2.17. The van der Waals surface area contributed by atoms with Crippen LogP contribution in [-0.4, -0.2) is 40.3 Å². The summed E-state index contributed by atoms with van der Waals surface area (Å²) in [6.07, 6.45) is 1.07. The first-order valence-corrected chi connectivity index (χ1v) is 9.06. The Hall–Kier alpha value is -1.01. The van der Waals surface area contributed by atoms with Crippen molar-refractivity contribution >= 4 is 40.0 Å². The van der Waals surface area contributed by atoms with Gasteiger partial charge in [-0.1, -0.05) is 6.07 Å². The molecule has 1 atom stereocenters. The van der Waals surface area contributed by atoms with Crippen molar-refractivity contribution in [3.63, 3.8) is 0 Å². The monoisotopic (exact) mass is 476 g/mol. The molecule has 0 aromatic heterocycles. The van der Waals surface area contributed by atoms with Crippen LogP contribution in [0.2, 0.25) is 0 Å². The Morgan fingerprint density at radius 1 is 1.33 bits per heavy atom. The van der Waals surface area contributed by atoms with Gasteiger partial charge in [0.05, 0.1) is 18.8 Å². The number of benzene rings is 1. The number of hydrogen-bond acceptors (Lipinski definition) is 3. The normalized spacial score (nSPS) is 13.1. The van der Waals surface area contributed by atoms with Crippen molar-refractivity contribution in [1.29, 1.82) is 0 Å². The molecule has 0 radical (unpaired) electrons. The maximum atomic E-state index is 13.8. The second-order valence-electron chi connectivity index (χ2n) is 4.96. The molecule has 1 aromatic rings. The summed E-state index contributed by atoms with van der Waals surface area (Å²) in [4.78, 5) is 4.20. The highest BCUT2D eigenvalue weighted by Gasteiger charge is 2.13. The highest BCUT2D eigenvalue weighted by atomic mass is 127. The van der Waals surface area contributed by atoms with Crippen LogP contribution in [0.25, 0.3) is 0 Å². The van der Waals surface area contributed by atoms with Crippen molar-refractivity contribution in [2.24, 2.45) is 4.99 Å². The minimum absolute atomic E-state index is 0. The van der Waals surface area contributed by atoms with Crippen molar-refractivity contribution < 1.29 is 17.2 Å². The van der Waals surface area contributed by atoms with Gasteiger partial charge in [0.1, 0.15) is 11.6 Å². The van der Waals surface area contributed by atoms with Gasteiger partial charge in [0, 0.05) is 24.7 Å². The van der Waals surface area contributed by atoms with Crippen molar-refractivity contribution in [3.8, 4) is 0 Å². The van der Waals surface area contributed by atoms with Gasteiger partial charge >= 0.3 is 0 Å². The molecule has 0 saturated heterocycles. The first-order valence-electron chi connectivity index (χ1n) is 7.17. The van der Waals surface area contributed by atoms with Crippen LogP contribution in [0.4, 0.5) is 8.78 Å². The molecule has 0 heterocycles. The van der Waals surface area contributed by atoms with E-state index in [1.807, 2.05) is 6.92 Å². The van der Waals surface area contributed by atoms with Gasteiger partial charge < -0.3 is 10.6 Å². The lowest BCUT2D eigenvalue weighted by atomic mass is 10.1. The molecule has 1 aromatic carbocycles. The predicted molar refractivity (Wildman–Crippen MR) is 102 cm³/mol. The summed E-state index contributed by atoms with van der Waals surface area (Å²) < 4.78 is 51.0. The van der Waals surface area contributed by atoms with Crippen LogP contribution in [0.15, 0.2) is 23.2 Å². The minimum Gasteiger partial charge on any atom is -0.357 e. The first kappa shape index (κ1) is 23.0. The van der Waals surface area contributed by atoms with Crippen molar-refractivity contribution in [3.05, 3.63) is 35.4 Å². The van der Waals surface area contributed by atoms with Crippen LogP contribution in [-0.2, 0) is 10.0 Å². The fourth-order valence-electron chi connectivity index (χ4n) is 1.85. The SMILES string of the molecule is CCNC(=NCCNS(C)(=O)=O)NC(C)c1ccc(F)cc1F.I. The van der Waals surface area contributed by atoms with Gasteiger partial charge in [0.25, 0.3) is 0 Å². The van der Waals surface area contributed by atoms with Crippen LogP contribution in [0.3, 0.4) is 0 Å². The Labute approximate surface area is 158 Å². The Morgan fingerprint density at radius 3 is 2.54 bits per heavy atom. The first-order chi connectivity index (χ1) is 10.7. The molecule has 24 heavy (non-hydrogen) atoms. The van der Waals surface area contributed by atoms with Gasteiger partial charge in [0.15, 0.2) is 5.96 Å². The standard InChI is InChI=1S/C14H22F2N4O2S.HI/c1-4-17-14(18-7-8-19-23(3,21)22)20-10(2)12-6-5-11(15)9-13(12)16;/h5-6,9-10,19H,4,7-8H2,1-3H3,(H2,17,18,20);1H. The molecule has 1 unspecified atom stereocenters. The summed E-state index contributed by atoms with van der Waals surface area (Å²) in [5.74, 6) is -0.857. The number of nitrogens with one attached hydrogen (secondary N) is 3. The van der Waals surface area contributed by atoms with Gasteiger partial charge in [-0.05, 0) is 19.9 Å². The average molecular weight is 476 g/mol. The Kier molecular flexibility index (Phi) is 10.3. The average Bonchev–Trinajstić information content (AvgIpc) is 2.42. The quantitative estimate of drug-likeness (QED) is 0.243. The van der Waals surface area contributed by atoms with Crippen LogP contribution >= 0.6 is 24.0 Å². The molecule has 1 rings (SSSR count). The predicted octanol–water partition coefficient (Wildman–Crippen LogP) is 1.75. The summed E-state index contributed by atoms with van der Waals surface area (Å²) in [5.41, 5.74) is 0.311. The van der Waals surface area contributed by atoms with Crippen molar-refractivity contribution in [2.45, 2.75) is 19.9 Å². The lowest BCUT2D eigenvalue weighted by Gasteiger charge is -2.18. The molecule has 0 aliphatic heterocycles. The van der Waals surface area contributed by atoms with E-state index in [2.05, 4.69) is 20.3 Å². The van der Waals surface area contributed by atoms with E-state index in [1.165, 1.54) is 12.1 Å². The zero-order valence-corrected chi connectivity index (χ0v) is 16.9. The van der Waals surface area contributed by atoms with E-state index in [9.17, 15) is 17.2 Å². The van der Waals surface area contributed by atoms with Crippen LogP contribution in [0.1, 0.15) is 25.5 Å². The fraction of sp³-hybridized carbons (Fsp3) is 0.500. The Morgan fingerprint density at radius 2 is 2.00 bits per heavy atom. The lowest BCUT2D eigenvalue weighted by molar-refractivity contribution is 0.550. The van der Waals surface area contributed by atoms with Gasteiger partial charge in [-0.3, -0.25) is 4.99 Å². The molecule has 0 spiro atoms. The molecule has 138 valence electrons. The Balaban J connectivity index is 0.00000529. The van der Waals surface area contributed by atoms with E-state index in [0.717, 1.165) is 12.3 Å². The maximum absolute atomic E-state index is 13.8. The zero-order valence-electron chi connectivity index (χ0n) is 13.8. The van der Waals surface area contributed by atoms with E-state index in [4.69, 9.17) is 0 Å². The molecular formula is C14H23F2IN4O2S. The molecule has 0 aliphatic rings. The third-order valence-electron chi connectivity index (χ3n) is 2.87. The summed E-state index contributed by atoms with van der Waals surface area (Å²) >= 11 is 0. The molecule has 0 fully saturated rings. The number of sulfonamides is 1. The van der Waals surface area contributed by atoms with Gasteiger partial charge in [-0.25, -0.2) is 21.9 Å². The molecule has 6 nitrogen and oxygen atoms in total. The third-order valence-corrected chi connectivity index (χ3v) is 3.60. The number of rotatable bonds is 7. The number of aliphatic imine (C=N–C) groups is 1. The topological polar surface area (TPSA) is 82.6 Å². The highest BCUT2D eigenvalue weighted by molar-refractivity contribution is 14.0. The summed E-state index contributed by atoms with van der Waals surface area (Å²) in [7, 11) is -3.26. The smallest absolute Gasteiger partial charge is 0.208 e. The second-order valence-corrected chi connectivity index (χ2v) is 6.79. The van der Waals surface area contributed by atoms with Crippen LogP contribution in [0.5, 0.6) is 0 Å². The zero-order chi connectivity index (χ0) is 17.5. The molecule has 0 amide bonds. The molecule has 3 N–H and O–H groups in total. The lowest BCUT2D eigenvalue weighted by Crippen LogP contribution is -2.39. The van der Waals surface area contributed by atoms with Crippen molar-refractivity contribution in [1.82, 2.24) is 15.4 Å². The van der Waals surface area contributed by atoms with Crippen LogP contribution < -0.4 is 15.4 Å². The summed E-state index contributed by atoms with van der Waals surface area (Å²) in [6, 6.07) is 2.96. The largest absolute Gasteiger partial charge is 0.357 e. The number of halogens is 3. The van der Waals surface area contributed by atoms with Gasteiger partial charge in [0.2, 0.25) is 10.0 Å². The van der Waals surface area contributed by atoms with E-state index < -0.39 is 27.7 Å². The summed E-state index contributed by atoms with van der Waals surface area (Å²) in [6.45, 7) is 4.56. The van der Waals surface area contributed by atoms with Crippen LogP contribution in [0, 0.1) is 11.6 Å². The molecule has 0 bridgehead atoms. The van der Waals surface area contributed by atoms with Gasteiger partial charge in [-0.15, -0.1) is 24.0 Å². The third kappa shape index (κ3) is 8.73. The number of nitrogens with zero attached hydrogens (tertiary/aromatic N) is 1. The van der Waals surface area contributed by atoms with E-state index in [-0.39, 0.29) is 37.1 Å². The summed E-state index contributed by atoms with van der Waals surface area (Å²) in [5, 5.41) is 5.97. The maximum Gasteiger partial charge on any atom is 0.208 e. The molecule has 0 saturated carbocycles. The number of guanidine groups is 1. The minimum atomic E-state index is -3.26. The number of hydrogen-bond donors (Lipinski definition) is 3. The van der Waals surface area contributed by atoms with E-state index in [0.29, 0.717) is 18.1 Å².